The van der Waals surface area contributed by atoms with Crippen molar-refractivity contribution in [3.05, 3.63) is 30.0 Å². The number of nitrogens with zero attached hydrogens (tertiary/aromatic N) is 1. The maximum atomic E-state index is 5.82. The largest absolute Gasteiger partial charge is 0.472 e. The summed E-state index contributed by atoms with van der Waals surface area (Å²) < 4.78 is 5.82. The molecule has 0 aliphatic rings. The molecule has 0 radical (unpaired) electrons. The Hall–Kier alpha value is -1.35. The van der Waals surface area contributed by atoms with Crippen LogP contribution in [0.4, 0.5) is 0 Å². The zero-order valence-electron chi connectivity index (χ0n) is 13.9. The van der Waals surface area contributed by atoms with Crippen LogP contribution in [-0.2, 0) is 0 Å². The first-order chi connectivity index (χ1) is 9.11. The molecule has 0 unspecified atom stereocenters. The van der Waals surface area contributed by atoms with Gasteiger partial charge >= 0.3 is 0 Å². The average molecular weight is 276 g/mol. The normalized spacial score (nSPS) is 13.4. The van der Waals surface area contributed by atoms with E-state index in [-0.39, 0.29) is 11.1 Å². The molecule has 1 aromatic rings. The van der Waals surface area contributed by atoms with Crippen LogP contribution in [0.5, 0.6) is 5.88 Å². The molecule has 0 bridgehead atoms. The third-order valence-corrected chi connectivity index (χ3v) is 2.62. The topological polar surface area (TPSA) is 34.1 Å². The van der Waals surface area contributed by atoms with Gasteiger partial charge in [0, 0.05) is 18.2 Å². The molecule has 0 saturated carbocycles. The average Bonchev–Trinajstić information content (AvgIpc) is 2.26. The molecule has 0 aromatic carbocycles. The van der Waals surface area contributed by atoms with E-state index in [0.29, 0.717) is 5.88 Å². The van der Waals surface area contributed by atoms with Gasteiger partial charge in [-0.1, -0.05) is 12.1 Å². The molecule has 0 saturated heterocycles. The second kappa shape index (κ2) is 6.40. The van der Waals surface area contributed by atoms with Gasteiger partial charge in [0.15, 0.2) is 0 Å². The Balaban J connectivity index is 2.86. The van der Waals surface area contributed by atoms with Crippen molar-refractivity contribution in [1.29, 1.82) is 0 Å². The third-order valence-electron chi connectivity index (χ3n) is 2.62. The van der Waals surface area contributed by atoms with E-state index in [2.05, 4.69) is 37.1 Å². The number of hydrogen-bond donors (Lipinski definition) is 1. The molecule has 0 amide bonds. The molecular weight excluding hydrogens is 248 g/mol. The highest BCUT2D eigenvalue weighted by atomic mass is 16.5. The van der Waals surface area contributed by atoms with Gasteiger partial charge in [0.05, 0.1) is 5.69 Å². The van der Waals surface area contributed by atoms with Gasteiger partial charge in [-0.3, -0.25) is 0 Å². The number of ether oxygens (including phenoxy) is 1. The molecule has 0 aliphatic carbocycles. The lowest BCUT2D eigenvalue weighted by Gasteiger charge is -2.23. The molecule has 0 fully saturated rings. The molecule has 3 heteroatoms. The van der Waals surface area contributed by atoms with Crippen molar-refractivity contribution >= 4 is 5.57 Å². The number of allylic oxidation sites excluding steroid dienone is 1. The van der Waals surface area contributed by atoms with Crippen molar-refractivity contribution in [2.24, 2.45) is 0 Å². The summed E-state index contributed by atoms with van der Waals surface area (Å²) in [6.07, 6.45) is 2.10. The highest BCUT2D eigenvalue weighted by molar-refractivity contribution is 5.64. The zero-order valence-corrected chi connectivity index (χ0v) is 13.9. The van der Waals surface area contributed by atoms with Crippen molar-refractivity contribution in [2.45, 2.75) is 59.6 Å². The van der Waals surface area contributed by atoms with Gasteiger partial charge < -0.3 is 10.1 Å². The van der Waals surface area contributed by atoms with E-state index >= 15 is 0 Å². The molecule has 3 nitrogen and oxygen atoms in total. The van der Waals surface area contributed by atoms with Crippen LogP contribution in [0.25, 0.3) is 5.57 Å². The SMILES string of the molecule is C/C=C(/CNC(C)(C)C)c1cccc(OC(C)(C)C)n1. The molecule has 1 rings (SSSR count). The Labute approximate surface area is 123 Å². The fourth-order valence-corrected chi connectivity index (χ4v) is 1.67. The predicted molar refractivity (Wildman–Crippen MR) is 86.0 cm³/mol. The summed E-state index contributed by atoms with van der Waals surface area (Å²) >= 11 is 0. The molecule has 20 heavy (non-hydrogen) atoms. The Morgan fingerprint density at radius 2 is 1.85 bits per heavy atom. The van der Waals surface area contributed by atoms with E-state index in [1.54, 1.807) is 0 Å². The van der Waals surface area contributed by atoms with Crippen LogP contribution in [0, 0.1) is 0 Å². The molecular formula is C17H28N2O. The summed E-state index contributed by atoms with van der Waals surface area (Å²) in [6, 6.07) is 5.92. The van der Waals surface area contributed by atoms with Crippen LogP contribution < -0.4 is 10.1 Å². The van der Waals surface area contributed by atoms with Gasteiger partial charge in [-0.2, -0.15) is 0 Å². The monoisotopic (exact) mass is 276 g/mol. The van der Waals surface area contributed by atoms with Crippen molar-refractivity contribution < 1.29 is 4.74 Å². The molecule has 0 aliphatic heterocycles. The van der Waals surface area contributed by atoms with Crippen LogP contribution >= 0.6 is 0 Å². The zero-order chi connectivity index (χ0) is 15.4. The van der Waals surface area contributed by atoms with Crippen molar-refractivity contribution in [1.82, 2.24) is 10.3 Å². The third kappa shape index (κ3) is 6.20. The Morgan fingerprint density at radius 1 is 1.20 bits per heavy atom. The highest BCUT2D eigenvalue weighted by Gasteiger charge is 2.14. The van der Waals surface area contributed by atoms with Crippen LogP contribution in [0.3, 0.4) is 0 Å². The maximum absolute atomic E-state index is 5.82. The minimum Gasteiger partial charge on any atom is -0.472 e. The second-order valence-corrected chi connectivity index (χ2v) is 6.99. The van der Waals surface area contributed by atoms with Gasteiger partial charge in [0.2, 0.25) is 5.88 Å². The van der Waals surface area contributed by atoms with E-state index in [1.807, 2.05) is 45.9 Å². The Kier molecular flexibility index (Phi) is 5.35. The Bertz CT molecular complexity index is 465. The first kappa shape index (κ1) is 16.7. The fourth-order valence-electron chi connectivity index (χ4n) is 1.67. The van der Waals surface area contributed by atoms with Gasteiger partial charge in [-0.25, -0.2) is 4.98 Å². The molecule has 0 atom stereocenters. The summed E-state index contributed by atoms with van der Waals surface area (Å²) in [7, 11) is 0. The number of nitrogens with one attached hydrogen (secondary N) is 1. The van der Waals surface area contributed by atoms with Gasteiger partial charge in [-0.15, -0.1) is 0 Å². The molecule has 1 aromatic heterocycles. The first-order valence-corrected chi connectivity index (χ1v) is 7.17. The van der Waals surface area contributed by atoms with Crippen LogP contribution in [-0.4, -0.2) is 22.7 Å². The van der Waals surface area contributed by atoms with Gasteiger partial charge in [0.25, 0.3) is 0 Å². The lowest BCUT2D eigenvalue weighted by atomic mass is 10.1. The Morgan fingerprint density at radius 3 is 2.35 bits per heavy atom. The smallest absolute Gasteiger partial charge is 0.214 e. The fraction of sp³-hybridized carbons (Fsp3) is 0.588. The summed E-state index contributed by atoms with van der Waals surface area (Å²) in [4.78, 5) is 4.60. The van der Waals surface area contributed by atoms with Crippen LogP contribution in [0.1, 0.15) is 54.2 Å². The number of rotatable bonds is 4. The number of pyridine rings is 1. The molecule has 0 spiro atoms. The molecule has 1 N–H and O–H groups in total. The highest BCUT2D eigenvalue weighted by Crippen LogP contribution is 2.19. The van der Waals surface area contributed by atoms with Crippen molar-refractivity contribution in [2.75, 3.05) is 6.54 Å². The first-order valence-electron chi connectivity index (χ1n) is 7.17. The van der Waals surface area contributed by atoms with Gasteiger partial charge in [0.1, 0.15) is 5.60 Å². The molecule has 1 heterocycles. The van der Waals surface area contributed by atoms with Gasteiger partial charge in [-0.05, 0) is 60.1 Å². The number of hydrogen-bond acceptors (Lipinski definition) is 3. The van der Waals surface area contributed by atoms with Crippen LogP contribution in [0.2, 0.25) is 0 Å². The lowest BCUT2D eigenvalue weighted by Crippen LogP contribution is -2.36. The molecule has 112 valence electrons. The second-order valence-electron chi connectivity index (χ2n) is 6.99. The van der Waals surface area contributed by atoms with Crippen molar-refractivity contribution in [3.8, 4) is 5.88 Å². The quantitative estimate of drug-likeness (QED) is 0.901. The maximum Gasteiger partial charge on any atom is 0.214 e. The standard InChI is InChI=1S/C17H28N2O/c1-8-13(12-18-16(2,3)4)14-10-9-11-15(19-14)20-17(5,6)7/h8-11,18H,12H2,1-7H3/b13-8-. The predicted octanol–water partition coefficient (Wildman–Crippen LogP) is 4.05. The van der Waals surface area contributed by atoms with E-state index in [0.717, 1.165) is 12.2 Å². The minimum absolute atomic E-state index is 0.0911. The summed E-state index contributed by atoms with van der Waals surface area (Å²) in [6.45, 7) is 15.4. The van der Waals surface area contributed by atoms with E-state index in [1.165, 1.54) is 5.57 Å². The summed E-state index contributed by atoms with van der Waals surface area (Å²) in [5.74, 6) is 0.671. The lowest BCUT2D eigenvalue weighted by molar-refractivity contribution is 0.124. The van der Waals surface area contributed by atoms with E-state index in [9.17, 15) is 0 Å². The van der Waals surface area contributed by atoms with Crippen LogP contribution in [0.15, 0.2) is 24.3 Å². The number of aromatic nitrogens is 1. The summed E-state index contributed by atoms with van der Waals surface area (Å²) in [5.41, 5.74) is 2.00. The minimum atomic E-state index is -0.231. The van der Waals surface area contributed by atoms with Crippen molar-refractivity contribution in [3.63, 3.8) is 0 Å². The van der Waals surface area contributed by atoms with E-state index in [4.69, 9.17) is 4.74 Å². The summed E-state index contributed by atoms with van der Waals surface area (Å²) in [5, 5.41) is 3.49. The van der Waals surface area contributed by atoms with E-state index < -0.39 is 0 Å².